The van der Waals surface area contributed by atoms with E-state index in [2.05, 4.69) is 15.0 Å². The second-order valence-corrected chi connectivity index (χ2v) is 9.73. The maximum absolute atomic E-state index is 13.6. The van der Waals surface area contributed by atoms with Gasteiger partial charge in [-0.05, 0) is 44.4 Å². The molecule has 3 aromatic rings. The summed E-state index contributed by atoms with van der Waals surface area (Å²) in [6.45, 7) is 4.00. The molecule has 1 N–H and O–H groups in total. The predicted molar refractivity (Wildman–Crippen MR) is 139 cm³/mol. The molecule has 0 unspecified atom stereocenters. The van der Waals surface area contributed by atoms with Gasteiger partial charge in [-0.25, -0.2) is 14.4 Å². The first-order valence-electron chi connectivity index (χ1n) is 13.0. The number of amides is 1. The van der Waals surface area contributed by atoms with Crippen molar-refractivity contribution in [1.29, 1.82) is 0 Å². The summed E-state index contributed by atoms with van der Waals surface area (Å²) in [5.41, 5.74) is 2.57. The summed E-state index contributed by atoms with van der Waals surface area (Å²) in [7, 11) is 3.92. The summed E-state index contributed by atoms with van der Waals surface area (Å²) in [6.07, 6.45) is 1.40. The van der Waals surface area contributed by atoms with E-state index in [0.717, 1.165) is 12.1 Å². The monoisotopic (exact) mass is 540 g/mol. The second kappa shape index (κ2) is 12.6. The number of morpholine rings is 1. The van der Waals surface area contributed by atoms with Crippen LogP contribution in [0.5, 0.6) is 6.01 Å². The van der Waals surface area contributed by atoms with Crippen LogP contribution in [0.2, 0.25) is 0 Å². The van der Waals surface area contributed by atoms with E-state index < -0.39 is 6.29 Å². The Morgan fingerprint density at radius 2 is 1.87 bits per heavy atom. The molecule has 39 heavy (non-hydrogen) atoms. The lowest BCUT2D eigenvalue weighted by Gasteiger charge is -2.33. The number of likely N-dealkylation sites (N-methyl/N-ethyl adjacent to an activating group) is 1. The van der Waals surface area contributed by atoms with Crippen LogP contribution in [-0.2, 0) is 25.4 Å². The van der Waals surface area contributed by atoms with Crippen LogP contribution < -0.4 is 4.74 Å². The lowest BCUT2D eigenvalue weighted by atomic mass is 10.1. The fourth-order valence-electron chi connectivity index (χ4n) is 4.39. The number of ether oxygens (including phenoxy) is 4. The molecule has 0 atom stereocenters. The summed E-state index contributed by atoms with van der Waals surface area (Å²) < 4.78 is 36.5. The number of nitrogens with one attached hydrogen (secondary N) is 1. The lowest BCUT2D eigenvalue weighted by molar-refractivity contribution is -0.205. The molecular weight excluding hydrogens is 507 g/mol. The van der Waals surface area contributed by atoms with Crippen molar-refractivity contribution in [1.82, 2.24) is 29.7 Å². The molecule has 0 aliphatic carbocycles. The van der Waals surface area contributed by atoms with Gasteiger partial charge in [0.15, 0.2) is 6.29 Å². The van der Waals surface area contributed by atoms with Gasteiger partial charge in [-0.15, -0.1) is 0 Å². The van der Waals surface area contributed by atoms with Gasteiger partial charge in [0.1, 0.15) is 18.2 Å². The highest BCUT2D eigenvalue weighted by atomic mass is 19.1. The Bertz CT molecular complexity index is 1240. The van der Waals surface area contributed by atoms with Gasteiger partial charge in [0, 0.05) is 31.4 Å². The molecule has 2 aliphatic rings. The zero-order chi connectivity index (χ0) is 27.2. The van der Waals surface area contributed by atoms with Gasteiger partial charge in [0.05, 0.1) is 55.8 Å². The van der Waals surface area contributed by atoms with Crippen molar-refractivity contribution in [2.45, 2.75) is 12.7 Å². The third-order valence-electron chi connectivity index (χ3n) is 6.53. The van der Waals surface area contributed by atoms with E-state index in [0.29, 0.717) is 62.2 Å². The number of halogens is 1. The fraction of sp³-hybridized carbons (Fsp3) is 0.481. The van der Waals surface area contributed by atoms with E-state index in [-0.39, 0.29) is 36.9 Å². The van der Waals surface area contributed by atoms with Gasteiger partial charge in [0.25, 0.3) is 0 Å². The summed E-state index contributed by atoms with van der Waals surface area (Å²) in [5, 5.41) is 0. The van der Waals surface area contributed by atoms with Gasteiger partial charge < -0.3 is 33.7 Å². The van der Waals surface area contributed by atoms with Crippen molar-refractivity contribution >= 4 is 5.91 Å². The topological polar surface area (TPSA) is 115 Å². The maximum atomic E-state index is 13.6. The van der Waals surface area contributed by atoms with Crippen LogP contribution in [0.3, 0.4) is 0 Å². The Kier molecular flexibility index (Phi) is 8.77. The molecule has 0 saturated carbocycles. The number of rotatable bonds is 9. The van der Waals surface area contributed by atoms with Crippen molar-refractivity contribution in [2.75, 3.05) is 66.8 Å². The van der Waals surface area contributed by atoms with Crippen LogP contribution in [0, 0.1) is 11.7 Å². The SMILES string of the molecule is CN(C)CCOc1nccc(-c2[nH]c(CC3OCC(C(=O)N4CCOCC4)CO3)nc2-c2ccc(F)cc2)n1. The molecule has 2 aliphatic heterocycles. The molecule has 2 aromatic heterocycles. The van der Waals surface area contributed by atoms with E-state index in [1.54, 1.807) is 29.3 Å². The first-order valence-corrected chi connectivity index (χ1v) is 13.0. The Balaban J connectivity index is 1.31. The largest absolute Gasteiger partial charge is 0.462 e. The van der Waals surface area contributed by atoms with Crippen molar-refractivity contribution in [2.24, 2.45) is 5.92 Å². The average Bonchev–Trinajstić information content (AvgIpc) is 3.37. The Labute approximate surface area is 226 Å². The van der Waals surface area contributed by atoms with Gasteiger partial charge in [-0.3, -0.25) is 4.79 Å². The zero-order valence-electron chi connectivity index (χ0n) is 22.1. The summed E-state index contributed by atoms with van der Waals surface area (Å²) in [6, 6.07) is 8.14. The number of hydrogen-bond acceptors (Lipinski definition) is 9. The standard InChI is InChI=1S/C27H33FN6O5/c1-33(2)9-14-37-27-29-8-7-21(30-27)25-24(18-3-5-20(28)6-4-18)31-22(32-25)15-23-38-16-19(17-39-23)26(35)34-10-12-36-13-11-34/h3-8,19,23H,9-17H2,1-2H3,(H,31,32). The van der Waals surface area contributed by atoms with Crippen LogP contribution in [-0.4, -0.2) is 109 Å². The third kappa shape index (κ3) is 6.95. The number of H-pyrrole nitrogens is 1. The molecule has 1 aromatic carbocycles. The minimum atomic E-state index is -0.561. The lowest BCUT2D eigenvalue weighted by Crippen LogP contribution is -2.48. The molecule has 4 heterocycles. The number of imidazole rings is 1. The van der Waals surface area contributed by atoms with Crippen LogP contribution >= 0.6 is 0 Å². The smallest absolute Gasteiger partial charge is 0.316 e. The van der Waals surface area contributed by atoms with Gasteiger partial charge in [-0.2, -0.15) is 4.98 Å². The van der Waals surface area contributed by atoms with Gasteiger partial charge in [0.2, 0.25) is 5.91 Å². The highest BCUT2D eigenvalue weighted by molar-refractivity contribution is 5.79. The molecule has 2 saturated heterocycles. The average molecular weight is 541 g/mol. The number of aromatic amines is 1. The maximum Gasteiger partial charge on any atom is 0.316 e. The molecule has 208 valence electrons. The van der Waals surface area contributed by atoms with Gasteiger partial charge >= 0.3 is 6.01 Å². The summed E-state index contributed by atoms with van der Waals surface area (Å²) in [5.74, 6) is -0.0305. The van der Waals surface area contributed by atoms with Gasteiger partial charge in [-0.1, -0.05) is 0 Å². The molecule has 2 fully saturated rings. The Morgan fingerprint density at radius 3 is 2.59 bits per heavy atom. The highest BCUT2D eigenvalue weighted by Crippen LogP contribution is 2.30. The Hall–Kier alpha value is -3.45. The number of carbonyl (C=O) groups excluding carboxylic acids is 1. The van der Waals surface area contributed by atoms with Crippen molar-refractivity contribution in [3.63, 3.8) is 0 Å². The fourth-order valence-corrected chi connectivity index (χ4v) is 4.39. The second-order valence-electron chi connectivity index (χ2n) is 9.73. The highest BCUT2D eigenvalue weighted by Gasteiger charge is 2.32. The van der Waals surface area contributed by atoms with Crippen molar-refractivity contribution < 1.29 is 28.1 Å². The van der Waals surface area contributed by atoms with Crippen molar-refractivity contribution in [3.8, 4) is 28.7 Å². The molecule has 0 spiro atoms. The van der Waals surface area contributed by atoms with E-state index in [4.69, 9.17) is 23.9 Å². The third-order valence-corrected chi connectivity index (χ3v) is 6.53. The van der Waals surface area contributed by atoms with Crippen LogP contribution in [0.15, 0.2) is 36.5 Å². The molecule has 0 bridgehead atoms. The van der Waals surface area contributed by atoms with Crippen LogP contribution in [0.4, 0.5) is 4.39 Å². The van der Waals surface area contributed by atoms with E-state index in [9.17, 15) is 9.18 Å². The first-order chi connectivity index (χ1) is 19.0. The molecule has 5 rings (SSSR count). The van der Waals surface area contributed by atoms with E-state index in [1.165, 1.54) is 12.1 Å². The minimum Gasteiger partial charge on any atom is -0.462 e. The number of hydrogen-bond donors (Lipinski definition) is 1. The predicted octanol–water partition coefficient (Wildman–Crippen LogP) is 2.00. The molecule has 11 nitrogen and oxygen atoms in total. The number of aromatic nitrogens is 4. The summed E-state index contributed by atoms with van der Waals surface area (Å²) >= 11 is 0. The quantitative estimate of drug-likeness (QED) is 0.435. The van der Waals surface area contributed by atoms with E-state index >= 15 is 0 Å². The number of carbonyl (C=O) groups is 1. The van der Waals surface area contributed by atoms with E-state index in [1.807, 2.05) is 19.0 Å². The summed E-state index contributed by atoms with van der Waals surface area (Å²) in [4.78, 5) is 33.5. The molecular formula is C27H33FN6O5. The normalized spacial score (nSPS) is 19.8. The zero-order valence-corrected chi connectivity index (χ0v) is 22.1. The number of benzene rings is 1. The molecule has 1 amide bonds. The van der Waals surface area contributed by atoms with Crippen LogP contribution in [0.1, 0.15) is 5.82 Å². The van der Waals surface area contributed by atoms with Crippen molar-refractivity contribution in [3.05, 3.63) is 48.2 Å². The minimum absolute atomic E-state index is 0.0306. The molecule has 12 heteroatoms. The molecule has 0 radical (unpaired) electrons. The van der Waals surface area contributed by atoms with Crippen LogP contribution in [0.25, 0.3) is 22.6 Å². The Morgan fingerprint density at radius 1 is 1.13 bits per heavy atom. The number of nitrogens with zero attached hydrogens (tertiary/aromatic N) is 5. The first kappa shape index (κ1) is 27.1.